The maximum Gasteiger partial charge on any atom is 0.410 e. The first-order valence-corrected chi connectivity index (χ1v) is 28.5. The fourth-order valence-corrected chi connectivity index (χ4v) is 12.9. The van der Waals surface area contributed by atoms with Gasteiger partial charge in [0, 0.05) is 82.9 Å². The molecule has 20 heteroatoms. The van der Waals surface area contributed by atoms with Crippen LogP contribution in [0, 0.1) is 23.7 Å². The van der Waals surface area contributed by atoms with Crippen LogP contribution in [0.15, 0.2) is 0 Å². The average Bonchev–Trinajstić information content (AvgIpc) is 3.55. The van der Waals surface area contributed by atoms with Crippen LogP contribution in [-0.4, -0.2) is 226 Å². The minimum Gasteiger partial charge on any atom is -0.458 e. The molecule has 18 atom stereocenters. The molecule has 4 saturated heterocycles. The van der Waals surface area contributed by atoms with Crippen molar-refractivity contribution in [2.75, 3.05) is 80.1 Å². The maximum absolute atomic E-state index is 15.1. The zero-order chi connectivity index (χ0) is 54.6. The number of cyclic esters (lactones) is 1. The van der Waals surface area contributed by atoms with Gasteiger partial charge in [-0.25, -0.2) is 13.2 Å². The van der Waals surface area contributed by atoms with Gasteiger partial charge in [-0.15, -0.1) is 0 Å². The van der Waals surface area contributed by atoms with E-state index in [1.807, 2.05) is 53.7 Å². The molecule has 4 heterocycles. The molecule has 4 fully saturated rings. The van der Waals surface area contributed by atoms with Crippen LogP contribution < -0.4 is 0 Å². The van der Waals surface area contributed by atoms with Crippen molar-refractivity contribution in [1.82, 2.24) is 19.6 Å². The number of hydrogen-bond donors (Lipinski definition) is 2. The largest absolute Gasteiger partial charge is 0.458 e. The van der Waals surface area contributed by atoms with Gasteiger partial charge in [0.25, 0.3) is 0 Å². The Bertz CT molecular complexity index is 1920. The zero-order valence-corrected chi connectivity index (χ0v) is 48.2. The summed E-state index contributed by atoms with van der Waals surface area (Å²) >= 11 is 0. The van der Waals surface area contributed by atoms with Crippen molar-refractivity contribution in [2.45, 2.75) is 212 Å². The van der Waals surface area contributed by atoms with Crippen LogP contribution in [0.3, 0.4) is 0 Å². The summed E-state index contributed by atoms with van der Waals surface area (Å²) in [4.78, 5) is 51.8. The van der Waals surface area contributed by atoms with E-state index in [2.05, 4.69) is 30.6 Å². The Morgan fingerprint density at radius 1 is 0.903 bits per heavy atom. The molecule has 0 spiro atoms. The first-order chi connectivity index (χ1) is 33.3. The lowest BCUT2D eigenvalue weighted by Gasteiger charge is -2.54. The lowest BCUT2D eigenvalue weighted by Crippen LogP contribution is -2.70. The fourth-order valence-electron chi connectivity index (χ4n) is 12.3. The van der Waals surface area contributed by atoms with E-state index in [1.165, 1.54) is 12.0 Å². The maximum atomic E-state index is 15.1. The number of hydrogen-bond acceptors (Lipinski definition) is 18. The summed E-state index contributed by atoms with van der Waals surface area (Å²) in [5.41, 5.74) is -5.59. The molecule has 0 bridgehead atoms. The number of methoxy groups -OCH3 is 2. The lowest BCUT2D eigenvalue weighted by atomic mass is 9.73. The third-order valence-corrected chi connectivity index (χ3v) is 18.0. The SMILES string of the molecule is CC[C@H]1OC(=O)[C@H](C)[C@@H](O[C@H]2C[C@@](C)(OC)[C@@](O)(CN(C)CCN(CC)C(C)C)[C@H](C)O2)[C@H](C)[C@@H](O[C@@H]2O[C@H](C)C[C@H](N(C)C)[C@H]2O)[C@@](C)(OC)C[C@@H](C)C(=O)[C@H](C)[C@H]2N(CCCS(C)(=O)=O)C(=O)O[C@]12C. The van der Waals surface area contributed by atoms with Gasteiger partial charge in [-0.3, -0.25) is 14.5 Å². The highest BCUT2D eigenvalue weighted by atomic mass is 32.2. The van der Waals surface area contributed by atoms with Gasteiger partial charge in [-0.2, -0.15) is 0 Å². The van der Waals surface area contributed by atoms with Crippen LogP contribution in [0.2, 0.25) is 0 Å². The van der Waals surface area contributed by atoms with E-state index in [0.717, 1.165) is 19.3 Å². The van der Waals surface area contributed by atoms with Crippen LogP contribution in [-0.2, 0) is 57.3 Å². The van der Waals surface area contributed by atoms with Crippen molar-refractivity contribution in [3.05, 3.63) is 0 Å². The summed E-state index contributed by atoms with van der Waals surface area (Å²) in [7, 11) is 5.42. The topological polar surface area (TPSA) is 213 Å². The minimum absolute atomic E-state index is 0.0185. The van der Waals surface area contributed by atoms with Gasteiger partial charge in [-0.05, 0) is 109 Å². The number of carbonyl (C=O) groups excluding carboxylic acids is 3. The molecule has 420 valence electrons. The van der Waals surface area contributed by atoms with Gasteiger partial charge in [0.05, 0.1) is 47.7 Å². The van der Waals surface area contributed by atoms with Crippen molar-refractivity contribution in [2.24, 2.45) is 23.7 Å². The second-order valence-electron chi connectivity index (χ2n) is 22.9. The minimum atomic E-state index is -3.39. The third kappa shape index (κ3) is 13.7. The van der Waals surface area contributed by atoms with E-state index >= 15 is 9.59 Å². The van der Waals surface area contributed by atoms with Crippen LogP contribution >= 0.6 is 0 Å². The van der Waals surface area contributed by atoms with Gasteiger partial charge in [0.2, 0.25) is 0 Å². The number of aliphatic hydroxyl groups is 2. The molecule has 2 N–H and O–H groups in total. The van der Waals surface area contributed by atoms with E-state index < -0.39 is 117 Å². The molecule has 19 nitrogen and oxygen atoms in total. The van der Waals surface area contributed by atoms with E-state index in [9.17, 15) is 23.4 Å². The van der Waals surface area contributed by atoms with Crippen LogP contribution in [0.25, 0.3) is 0 Å². The number of esters is 1. The number of rotatable bonds is 19. The second-order valence-corrected chi connectivity index (χ2v) is 25.2. The highest BCUT2D eigenvalue weighted by molar-refractivity contribution is 7.90. The molecule has 4 aliphatic heterocycles. The van der Waals surface area contributed by atoms with E-state index in [1.54, 1.807) is 48.7 Å². The number of ether oxygens (including phenoxy) is 8. The van der Waals surface area contributed by atoms with Crippen molar-refractivity contribution in [3.63, 3.8) is 0 Å². The summed E-state index contributed by atoms with van der Waals surface area (Å²) in [6.07, 6.45) is -6.28. The monoisotopic (exact) mass is 1050 g/mol. The third-order valence-electron chi connectivity index (χ3n) is 16.9. The quantitative estimate of drug-likeness (QED) is 0.172. The molecule has 0 radical (unpaired) electrons. The molecule has 4 rings (SSSR count). The first kappa shape index (κ1) is 62.5. The van der Waals surface area contributed by atoms with Crippen molar-refractivity contribution < 1.29 is 70.9 Å². The summed E-state index contributed by atoms with van der Waals surface area (Å²) in [5.74, 6) is -4.59. The lowest BCUT2D eigenvalue weighted by molar-refractivity contribution is -0.339. The molecule has 0 aromatic heterocycles. The molecule has 0 unspecified atom stereocenters. The van der Waals surface area contributed by atoms with Crippen molar-refractivity contribution in [1.29, 1.82) is 0 Å². The predicted octanol–water partition coefficient (Wildman–Crippen LogP) is 4.37. The molecule has 72 heavy (non-hydrogen) atoms. The van der Waals surface area contributed by atoms with Gasteiger partial charge >= 0.3 is 12.1 Å². The molecule has 0 saturated carbocycles. The standard InChI is InChI=1S/C52H96N4O15S/c1-20-39-51(13)44(56(48(60)71-51)23-22-26-72(19,62)63)34(7)41(57)32(5)28-49(11,64-17)45(70-47-42(58)38(53(14)15)27-33(6)66-47)35(8)43(36(9)46(59)68-39)69-40-29-50(12,65-18)52(61,37(10)67-40)30-54(16)24-25-55(21-2)31(3)4/h31-40,42-45,47,58,61H,20-30H2,1-19H3/t32-,33-,34+,35+,36-,37+,38+,39-,40+,42-,43+,44-,45-,47+,49+,50-,51-,52-/m1/s1. The Kier molecular flexibility index (Phi) is 21.6. The molecule has 1 amide bonds. The normalized spacial score (nSPS) is 41.0. The highest BCUT2D eigenvalue weighted by Crippen LogP contribution is 2.46. The Labute approximate surface area is 432 Å². The van der Waals surface area contributed by atoms with Gasteiger partial charge in [0.15, 0.2) is 18.2 Å². The Morgan fingerprint density at radius 2 is 1.54 bits per heavy atom. The number of likely N-dealkylation sites (N-methyl/N-ethyl adjacent to an activating group) is 3. The number of sulfone groups is 1. The summed E-state index contributed by atoms with van der Waals surface area (Å²) in [5, 5.41) is 24.6. The van der Waals surface area contributed by atoms with Crippen molar-refractivity contribution in [3.8, 4) is 0 Å². The summed E-state index contributed by atoms with van der Waals surface area (Å²) < 4.78 is 77.0. The van der Waals surface area contributed by atoms with Crippen LogP contribution in [0.4, 0.5) is 4.79 Å². The predicted molar refractivity (Wildman–Crippen MR) is 273 cm³/mol. The highest BCUT2D eigenvalue weighted by Gasteiger charge is 2.62. The Morgan fingerprint density at radius 3 is 2.08 bits per heavy atom. The first-order valence-electron chi connectivity index (χ1n) is 26.4. The van der Waals surface area contributed by atoms with E-state index in [-0.39, 0.29) is 62.5 Å². The number of nitrogens with zero attached hydrogens (tertiary/aromatic N) is 4. The average molecular weight is 1050 g/mol. The number of Topliss-reactive ketones (excluding diaryl/α,β-unsaturated/α-hetero) is 1. The van der Waals surface area contributed by atoms with Crippen molar-refractivity contribution >= 4 is 27.7 Å². The van der Waals surface area contributed by atoms with E-state index in [4.69, 9.17) is 37.9 Å². The van der Waals surface area contributed by atoms with Gasteiger partial charge in [-0.1, -0.05) is 34.6 Å². The van der Waals surface area contributed by atoms with Gasteiger partial charge < -0.3 is 62.8 Å². The Hall–Kier alpha value is -2.08. The van der Waals surface area contributed by atoms with Crippen LogP contribution in [0.5, 0.6) is 0 Å². The van der Waals surface area contributed by atoms with Gasteiger partial charge in [0.1, 0.15) is 39.0 Å². The molecule has 4 aliphatic rings. The molecular weight excluding hydrogens is 953 g/mol. The number of amides is 1. The molecule has 0 aromatic carbocycles. The fraction of sp³-hybridized carbons (Fsp3) is 0.942. The number of ketones is 1. The number of carbonyl (C=O) groups is 3. The summed E-state index contributed by atoms with van der Waals surface area (Å²) in [6.45, 7) is 27.0. The van der Waals surface area contributed by atoms with Crippen LogP contribution in [0.1, 0.15) is 122 Å². The second kappa shape index (κ2) is 24.9. The smallest absolute Gasteiger partial charge is 0.410 e. The molecular formula is C52H96N4O15S. The number of aliphatic hydroxyl groups excluding tert-OH is 1. The van der Waals surface area contributed by atoms with E-state index in [0.29, 0.717) is 19.0 Å². The zero-order valence-electron chi connectivity index (χ0n) is 47.3. The Balaban J connectivity index is 1.87. The number of fused-ring (bicyclic) bond motifs is 1. The summed E-state index contributed by atoms with van der Waals surface area (Å²) in [6, 6.07) is -0.927. The molecule has 0 aromatic rings. The molecule has 0 aliphatic carbocycles.